The summed E-state index contributed by atoms with van der Waals surface area (Å²) in [5.74, 6) is 1.33. The number of hydrogen-bond acceptors (Lipinski definition) is 6. The maximum absolute atomic E-state index is 14.4. The average Bonchev–Trinajstić information content (AvgIpc) is 3.11. The summed E-state index contributed by atoms with van der Waals surface area (Å²) in [5.41, 5.74) is 2.71. The molecule has 2 aromatic heterocycles. The number of halogens is 1. The first kappa shape index (κ1) is 19.4. The Hall–Kier alpha value is -2.87. The van der Waals surface area contributed by atoms with Crippen LogP contribution in [0.4, 0.5) is 10.1 Å². The van der Waals surface area contributed by atoms with Crippen molar-refractivity contribution in [2.75, 3.05) is 39.3 Å². The van der Waals surface area contributed by atoms with Crippen LogP contribution in [0.5, 0.6) is 11.6 Å². The van der Waals surface area contributed by atoms with Crippen molar-refractivity contribution in [3.05, 3.63) is 42.1 Å². The van der Waals surface area contributed by atoms with Gasteiger partial charge in [0, 0.05) is 12.6 Å². The lowest BCUT2D eigenvalue weighted by Crippen LogP contribution is -2.49. The van der Waals surface area contributed by atoms with Gasteiger partial charge >= 0.3 is 0 Å². The van der Waals surface area contributed by atoms with Gasteiger partial charge in [-0.25, -0.2) is 14.1 Å². The zero-order valence-electron chi connectivity index (χ0n) is 16.9. The van der Waals surface area contributed by atoms with E-state index in [1.807, 2.05) is 47.0 Å². The lowest BCUT2D eigenvalue weighted by Gasteiger charge is -2.35. The minimum absolute atomic E-state index is 0.0928. The first-order valence-corrected chi connectivity index (χ1v) is 9.72. The van der Waals surface area contributed by atoms with Crippen LogP contribution in [-0.2, 0) is 6.54 Å². The van der Waals surface area contributed by atoms with E-state index < -0.39 is 6.17 Å². The third-order valence-electron chi connectivity index (χ3n) is 5.50. The fourth-order valence-corrected chi connectivity index (χ4v) is 3.82. The Morgan fingerprint density at radius 2 is 2.00 bits per heavy atom. The summed E-state index contributed by atoms with van der Waals surface area (Å²) in [6.07, 6.45) is 1.63. The van der Waals surface area contributed by atoms with Crippen LogP contribution in [0.2, 0.25) is 0 Å². The molecule has 0 amide bonds. The van der Waals surface area contributed by atoms with Gasteiger partial charge in [0.25, 0.3) is 0 Å². The first-order chi connectivity index (χ1) is 14.1. The molecular weight excluding hydrogens is 373 g/mol. The Labute approximate surface area is 169 Å². The topological polar surface area (TPSA) is 64.4 Å². The van der Waals surface area contributed by atoms with Gasteiger partial charge < -0.3 is 19.7 Å². The number of nitrogens with zero attached hydrogens (tertiary/aromatic N) is 4. The Kier molecular flexibility index (Phi) is 5.53. The Balaban J connectivity index is 1.61. The number of rotatable bonds is 6. The van der Waals surface area contributed by atoms with Crippen LogP contribution in [0.3, 0.4) is 0 Å². The van der Waals surface area contributed by atoms with Crippen LogP contribution in [0.1, 0.15) is 12.0 Å². The van der Waals surface area contributed by atoms with Crippen LogP contribution in [0.15, 0.2) is 36.5 Å². The van der Waals surface area contributed by atoms with E-state index in [4.69, 9.17) is 9.47 Å². The van der Waals surface area contributed by atoms with E-state index in [1.54, 1.807) is 20.4 Å². The molecule has 8 heteroatoms. The number of fused-ring (bicyclic) bond motifs is 1. The molecule has 0 spiro atoms. The second kappa shape index (κ2) is 8.24. The third-order valence-corrected chi connectivity index (χ3v) is 5.50. The molecule has 0 saturated carbocycles. The number of benzene rings is 1. The van der Waals surface area contributed by atoms with Crippen LogP contribution < -0.4 is 19.7 Å². The SMILES string of the molecule is CNC1CCN(c2cnc3c(c2)c(OC)nn3Cc2ccc(OC)cc2)C[C@H]1F. The zero-order valence-corrected chi connectivity index (χ0v) is 16.9. The molecule has 3 heterocycles. The molecule has 0 radical (unpaired) electrons. The second-order valence-electron chi connectivity index (χ2n) is 7.23. The second-order valence-corrected chi connectivity index (χ2v) is 7.23. The summed E-state index contributed by atoms with van der Waals surface area (Å²) in [7, 11) is 5.06. The number of methoxy groups -OCH3 is 2. The minimum Gasteiger partial charge on any atom is -0.497 e. The molecule has 0 bridgehead atoms. The van der Waals surface area contributed by atoms with Crippen molar-refractivity contribution in [2.45, 2.75) is 25.2 Å². The van der Waals surface area contributed by atoms with Gasteiger partial charge in [-0.1, -0.05) is 12.1 Å². The van der Waals surface area contributed by atoms with E-state index in [0.717, 1.165) is 41.0 Å². The van der Waals surface area contributed by atoms with Gasteiger partial charge in [-0.15, -0.1) is 5.10 Å². The summed E-state index contributed by atoms with van der Waals surface area (Å²) in [5, 5.41) is 8.44. The first-order valence-electron chi connectivity index (χ1n) is 9.72. The molecule has 1 aliphatic rings. The predicted octanol–water partition coefficient (Wildman–Crippen LogP) is 2.63. The van der Waals surface area contributed by atoms with Crippen LogP contribution >= 0.6 is 0 Å². The lowest BCUT2D eigenvalue weighted by molar-refractivity contribution is 0.228. The van der Waals surface area contributed by atoms with E-state index in [-0.39, 0.29) is 6.04 Å². The molecule has 7 nitrogen and oxygen atoms in total. The smallest absolute Gasteiger partial charge is 0.242 e. The van der Waals surface area contributed by atoms with Crippen molar-refractivity contribution in [3.8, 4) is 11.6 Å². The number of ether oxygens (including phenoxy) is 2. The van der Waals surface area contributed by atoms with E-state index in [1.165, 1.54) is 0 Å². The maximum Gasteiger partial charge on any atom is 0.242 e. The zero-order chi connectivity index (χ0) is 20.4. The molecular formula is C21H26FN5O2. The molecule has 1 fully saturated rings. The Morgan fingerprint density at radius 3 is 2.66 bits per heavy atom. The van der Waals surface area contributed by atoms with Gasteiger partial charge in [-0.05, 0) is 37.2 Å². The summed E-state index contributed by atoms with van der Waals surface area (Å²) < 4.78 is 26.9. The predicted molar refractivity (Wildman–Crippen MR) is 111 cm³/mol. The average molecular weight is 399 g/mol. The molecule has 1 unspecified atom stereocenters. The monoisotopic (exact) mass is 399 g/mol. The van der Waals surface area contributed by atoms with Gasteiger partial charge in [0.2, 0.25) is 5.88 Å². The van der Waals surface area contributed by atoms with Gasteiger partial charge in [-0.2, -0.15) is 0 Å². The summed E-state index contributed by atoms with van der Waals surface area (Å²) in [4.78, 5) is 6.67. The highest BCUT2D eigenvalue weighted by molar-refractivity contribution is 5.84. The third kappa shape index (κ3) is 3.85. The van der Waals surface area contributed by atoms with Crippen LogP contribution in [0.25, 0.3) is 11.0 Å². The van der Waals surface area contributed by atoms with Crippen molar-refractivity contribution in [3.63, 3.8) is 0 Å². The quantitative estimate of drug-likeness (QED) is 0.688. The maximum atomic E-state index is 14.4. The van der Waals surface area contributed by atoms with E-state index in [2.05, 4.69) is 15.4 Å². The minimum atomic E-state index is -0.913. The van der Waals surface area contributed by atoms with Gasteiger partial charge in [0.1, 0.15) is 11.9 Å². The summed E-state index contributed by atoms with van der Waals surface area (Å²) in [6, 6.07) is 9.74. The number of piperidine rings is 1. The van der Waals surface area contributed by atoms with Gasteiger partial charge in [0.05, 0.1) is 44.6 Å². The molecule has 1 aliphatic heterocycles. The Morgan fingerprint density at radius 1 is 1.21 bits per heavy atom. The molecule has 3 aromatic rings. The fraction of sp³-hybridized carbons (Fsp3) is 0.429. The van der Waals surface area contributed by atoms with Crippen molar-refractivity contribution in [1.29, 1.82) is 0 Å². The van der Waals surface area contributed by atoms with Gasteiger partial charge in [-0.3, -0.25) is 0 Å². The molecule has 4 rings (SSSR count). The largest absolute Gasteiger partial charge is 0.497 e. The van der Waals surface area contributed by atoms with E-state index in [0.29, 0.717) is 19.0 Å². The number of alkyl halides is 1. The number of nitrogens with one attached hydrogen (secondary N) is 1. The lowest BCUT2D eigenvalue weighted by atomic mass is 10.0. The number of anilines is 1. The van der Waals surface area contributed by atoms with E-state index >= 15 is 0 Å². The molecule has 1 aromatic carbocycles. The van der Waals surface area contributed by atoms with Crippen molar-refractivity contribution in [1.82, 2.24) is 20.1 Å². The number of hydrogen-bond donors (Lipinski definition) is 1. The molecule has 0 aliphatic carbocycles. The number of pyridine rings is 1. The van der Waals surface area contributed by atoms with Crippen molar-refractivity contribution in [2.24, 2.45) is 0 Å². The highest BCUT2D eigenvalue weighted by Gasteiger charge is 2.28. The number of aromatic nitrogens is 3. The summed E-state index contributed by atoms with van der Waals surface area (Å²) >= 11 is 0. The van der Waals surface area contributed by atoms with E-state index in [9.17, 15) is 4.39 Å². The highest BCUT2D eigenvalue weighted by Crippen LogP contribution is 2.30. The molecule has 1 N–H and O–H groups in total. The molecule has 2 atom stereocenters. The highest BCUT2D eigenvalue weighted by atomic mass is 19.1. The normalized spacial score (nSPS) is 19.5. The van der Waals surface area contributed by atoms with Crippen molar-refractivity contribution < 1.29 is 13.9 Å². The van der Waals surface area contributed by atoms with Crippen LogP contribution in [-0.4, -0.2) is 61.3 Å². The van der Waals surface area contributed by atoms with Gasteiger partial charge in [0.15, 0.2) is 5.65 Å². The standard InChI is InChI=1S/C21H26FN5O2/c1-23-19-8-9-26(13-18(19)22)15-10-17-20(24-11-15)27(25-21(17)29-3)12-14-4-6-16(28-2)7-5-14/h4-7,10-11,18-19,23H,8-9,12-13H2,1-3H3/t18-,19?/m1/s1. The Bertz CT molecular complexity index is 975. The van der Waals surface area contributed by atoms with Crippen LogP contribution in [0, 0.1) is 0 Å². The molecule has 1 saturated heterocycles. The molecule has 154 valence electrons. The molecule has 29 heavy (non-hydrogen) atoms. The fourth-order valence-electron chi connectivity index (χ4n) is 3.82. The summed E-state index contributed by atoms with van der Waals surface area (Å²) in [6.45, 7) is 1.69. The van der Waals surface area contributed by atoms with Crippen molar-refractivity contribution >= 4 is 16.7 Å².